The minimum absolute atomic E-state index is 0.553. The Balaban J connectivity index is 1.88. The van der Waals surface area contributed by atoms with Gasteiger partial charge < -0.3 is 4.90 Å². The van der Waals surface area contributed by atoms with Gasteiger partial charge in [-0.1, -0.05) is 53.4 Å². The second-order valence-electron chi connectivity index (χ2n) is 9.78. The lowest BCUT2D eigenvalue weighted by Crippen LogP contribution is -2.50. The molecule has 7 atom stereocenters. The number of fused-ring (bicyclic) bond motifs is 2. The van der Waals surface area contributed by atoms with Gasteiger partial charge in [0.1, 0.15) is 0 Å². The van der Waals surface area contributed by atoms with Gasteiger partial charge in [0.2, 0.25) is 0 Å². The third kappa shape index (κ3) is 2.90. The first kappa shape index (κ1) is 17.8. The van der Waals surface area contributed by atoms with Crippen LogP contribution in [0.1, 0.15) is 86.0 Å². The van der Waals surface area contributed by atoms with E-state index in [-0.39, 0.29) is 0 Å². The summed E-state index contributed by atoms with van der Waals surface area (Å²) in [6.07, 6.45) is 11.6. The van der Waals surface area contributed by atoms with Crippen molar-refractivity contribution < 1.29 is 0 Å². The van der Waals surface area contributed by atoms with Gasteiger partial charge in [-0.2, -0.15) is 0 Å². The lowest BCUT2D eigenvalue weighted by Gasteiger charge is -2.49. The lowest BCUT2D eigenvalue weighted by molar-refractivity contribution is 0.00337. The Kier molecular flexibility index (Phi) is 5.17. The highest BCUT2D eigenvalue weighted by Gasteiger charge is 2.57. The highest BCUT2D eigenvalue weighted by Crippen LogP contribution is 2.62. The summed E-state index contributed by atoms with van der Waals surface area (Å²) in [5.74, 6) is 4.91. The van der Waals surface area contributed by atoms with Crippen LogP contribution in [-0.4, -0.2) is 24.0 Å². The van der Waals surface area contributed by atoms with Crippen LogP contribution in [0.2, 0.25) is 0 Å². The Morgan fingerprint density at radius 3 is 2.35 bits per heavy atom. The predicted octanol–water partition coefficient (Wildman–Crippen LogP) is 5.98. The fourth-order valence-electron chi connectivity index (χ4n) is 7.35. The molecule has 1 heteroatoms. The van der Waals surface area contributed by atoms with E-state index in [0.29, 0.717) is 5.41 Å². The van der Waals surface area contributed by atoms with Gasteiger partial charge in [-0.25, -0.2) is 0 Å². The third-order valence-corrected chi connectivity index (χ3v) is 8.69. The summed E-state index contributed by atoms with van der Waals surface area (Å²) in [6, 6.07) is 1.65. The van der Waals surface area contributed by atoms with Gasteiger partial charge in [-0.15, -0.1) is 0 Å². The molecule has 134 valence electrons. The maximum atomic E-state index is 2.79. The molecule has 1 aliphatic heterocycles. The third-order valence-electron chi connectivity index (χ3n) is 8.69. The number of likely N-dealkylation sites (tertiary alicyclic amines) is 1. The number of hydrogen-bond donors (Lipinski definition) is 0. The predicted molar refractivity (Wildman–Crippen MR) is 101 cm³/mol. The quantitative estimate of drug-likeness (QED) is 0.605. The van der Waals surface area contributed by atoms with Crippen LogP contribution < -0.4 is 0 Å². The molecule has 3 rings (SSSR count). The van der Waals surface area contributed by atoms with Crippen molar-refractivity contribution in [2.45, 2.75) is 98.1 Å². The van der Waals surface area contributed by atoms with Crippen molar-refractivity contribution in [1.29, 1.82) is 0 Å². The van der Waals surface area contributed by atoms with E-state index in [2.05, 4.69) is 46.6 Å². The summed E-state index contributed by atoms with van der Waals surface area (Å²) in [5.41, 5.74) is 0.553. The van der Waals surface area contributed by atoms with Crippen LogP contribution in [0.25, 0.3) is 0 Å². The molecule has 0 aromatic heterocycles. The van der Waals surface area contributed by atoms with Gasteiger partial charge in [0.05, 0.1) is 0 Å². The average molecular weight is 320 g/mol. The molecule has 0 spiro atoms. The van der Waals surface area contributed by atoms with Gasteiger partial charge >= 0.3 is 0 Å². The Morgan fingerprint density at radius 2 is 1.70 bits per heavy atom. The summed E-state index contributed by atoms with van der Waals surface area (Å²) < 4.78 is 0. The van der Waals surface area contributed by atoms with Crippen LogP contribution in [0, 0.1) is 35.0 Å². The SMILES string of the molecule is CCC1C2CC3CCCCC(C)N(C)C3CC2C(C)(C)C1CC. The Labute approximate surface area is 145 Å². The smallest absolute Gasteiger partial charge is 0.0126 e. The molecular formula is C22H41N. The molecule has 2 saturated carbocycles. The normalized spacial score (nSPS) is 47.5. The van der Waals surface area contributed by atoms with Crippen molar-refractivity contribution in [3.8, 4) is 0 Å². The van der Waals surface area contributed by atoms with E-state index < -0.39 is 0 Å². The highest BCUT2D eigenvalue weighted by atomic mass is 15.2. The number of hydrogen-bond acceptors (Lipinski definition) is 1. The summed E-state index contributed by atoms with van der Waals surface area (Å²) >= 11 is 0. The van der Waals surface area contributed by atoms with Crippen molar-refractivity contribution in [2.75, 3.05) is 7.05 Å². The zero-order chi connectivity index (χ0) is 16.8. The molecule has 2 aliphatic carbocycles. The number of rotatable bonds is 2. The lowest BCUT2D eigenvalue weighted by atomic mass is 9.63. The molecule has 3 fully saturated rings. The molecule has 0 radical (unpaired) electrons. The first-order chi connectivity index (χ1) is 10.9. The van der Waals surface area contributed by atoms with Crippen LogP contribution in [0.4, 0.5) is 0 Å². The van der Waals surface area contributed by atoms with E-state index in [4.69, 9.17) is 0 Å². The van der Waals surface area contributed by atoms with E-state index in [0.717, 1.165) is 41.7 Å². The summed E-state index contributed by atoms with van der Waals surface area (Å²) in [4.78, 5) is 2.79. The average Bonchev–Trinajstić information content (AvgIpc) is 2.74. The zero-order valence-corrected chi connectivity index (χ0v) is 16.6. The molecule has 0 N–H and O–H groups in total. The van der Waals surface area contributed by atoms with Crippen molar-refractivity contribution in [1.82, 2.24) is 4.90 Å². The molecule has 0 bridgehead atoms. The molecule has 7 unspecified atom stereocenters. The fraction of sp³-hybridized carbons (Fsp3) is 1.00. The van der Waals surface area contributed by atoms with Crippen molar-refractivity contribution >= 4 is 0 Å². The van der Waals surface area contributed by atoms with Gasteiger partial charge in [0.15, 0.2) is 0 Å². The second-order valence-corrected chi connectivity index (χ2v) is 9.78. The molecule has 0 aromatic carbocycles. The fourth-order valence-corrected chi connectivity index (χ4v) is 7.35. The summed E-state index contributed by atoms with van der Waals surface area (Å²) in [5, 5.41) is 0. The summed E-state index contributed by atoms with van der Waals surface area (Å²) in [7, 11) is 2.44. The first-order valence-electron chi connectivity index (χ1n) is 10.6. The van der Waals surface area contributed by atoms with E-state index in [1.807, 2.05) is 0 Å². The van der Waals surface area contributed by atoms with Crippen molar-refractivity contribution in [3.63, 3.8) is 0 Å². The van der Waals surface area contributed by atoms with Gasteiger partial charge in [-0.05, 0) is 74.7 Å². The van der Waals surface area contributed by atoms with Crippen molar-refractivity contribution in [3.05, 3.63) is 0 Å². The molecule has 1 heterocycles. The minimum atomic E-state index is 0.553. The van der Waals surface area contributed by atoms with Crippen LogP contribution in [0.3, 0.4) is 0 Å². The van der Waals surface area contributed by atoms with E-state index in [9.17, 15) is 0 Å². The first-order valence-corrected chi connectivity index (χ1v) is 10.6. The molecule has 0 aromatic rings. The minimum Gasteiger partial charge on any atom is -0.300 e. The highest BCUT2D eigenvalue weighted by molar-refractivity contribution is 5.06. The molecule has 1 saturated heterocycles. The van der Waals surface area contributed by atoms with Crippen LogP contribution in [-0.2, 0) is 0 Å². The van der Waals surface area contributed by atoms with Gasteiger partial charge in [0.25, 0.3) is 0 Å². The molecular weight excluding hydrogens is 278 g/mol. The molecule has 1 nitrogen and oxygen atoms in total. The maximum Gasteiger partial charge on any atom is 0.0126 e. The second kappa shape index (κ2) is 6.70. The van der Waals surface area contributed by atoms with Gasteiger partial charge in [-0.3, -0.25) is 0 Å². The number of nitrogens with zero attached hydrogens (tertiary/aromatic N) is 1. The molecule has 23 heavy (non-hydrogen) atoms. The molecule has 0 amide bonds. The van der Waals surface area contributed by atoms with E-state index in [1.54, 1.807) is 0 Å². The Hall–Kier alpha value is -0.0400. The van der Waals surface area contributed by atoms with E-state index >= 15 is 0 Å². The van der Waals surface area contributed by atoms with Gasteiger partial charge in [0, 0.05) is 12.1 Å². The largest absolute Gasteiger partial charge is 0.300 e. The summed E-state index contributed by atoms with van der Waals surface area (Å²) in [6.45, 7) is 12.6. The Morgan fingerprint density at radius 1 is 1.00 bits per heavy atom. The zero-order valence-electron chi connectivity index (χ0n) is 16.6. The Bertz CT molecular complexity index is 401. The van der Waals surface area contributed by atoms with Crippen molar-refractivity contribution in [2.24, 2.45) is 35.0 Å². The standard InChI is InChI=1S/C22H41N/c1-7-17-18-13-16-12-10-9-11-15(3)23(6)21(16)14-20(18)22(4,5)19(17)8-2/h15-21H,7-14H2,1-6H3. The van der Waals surface area contributed by atoms with Crippen LogP contribution in [0.5, 0.6) is 0 Å². The van der Waals surface area contributed by atoms with Crippen LogP contribution in [0.15, 0.2) is 0 Å². The topological polar surface area (TPSA) is 3.24 Å². The van der Waals surface area contributed by atoms with E-state index in [1.165, 1.54) is 51.4 Å². The maximum absolute atomic E-state index is 2.79. The van der Waals surface area contributed by atoms with Crippen LogP contribution >= 0.6 is 0 Å². The molecule has 3 aliphatic rings. The monoisotopic (exact) mass is 319 g/mol.